The first-order valence-corrected chi connectivity index (χ1v) is 11.4. The van der Waals surface area contributed by atoms with E-state index in [9.17, 15) is 9.59 Å². The number of carbonyl (C=O) groups is 1. The Labute approximate surface area is 183 Å². The van der Waals surface area contributed by atoms with Crippen LogP contribution in [0.5, 0.6) is 0 Å². The van der Waals surface area contributed by atoms with Crippen molar-refractivity contribution >= 4 is 38.9 Å². The first kappa shape index (κ1) is 20.8. The number of nitrogens with zero attached hydrogens (tertiary/aromatic N) is 4. The molecule has 0 unspecified atom stereocenters. The van der Waals surface area contributed by atoms with E-state index in [2.05, 4.69) is 27.2 Å². The molecule has 1 aliphatic rings. The van der Waals surface area contributed by atoms with Gasteiger partial charge in [-0.2, -0.15) is 4.52 Å². The maximum absolute atomic E-state index is 12.5. The van der Waals surface area contributed by atoms with Gasteiger partial charge in [0, 0.05) is 42.3 Å². The normalized spacial score (nSPS) is 14.9. The van der Waals surface area contributed by atoms with E-state index in [1.807, 2.05) is 24.3 Å². The molecule has 9 heteroatoms. The Kier molecular flexibility index (Phi) is 6.34. The molecule has 1 N–H and O–H groups in total. The standard InChI is InChI=1S/C21H24ClN5O2S/c1-2-3-17-12-18(28)27-20(24-17)30-21(25-27)26-10-8-15(9-11-26)19(29)23-13-14-4-6-16(22)7-5-14/h4-7,12,15H,2-3,8-11,13H2,1H3,(H,23,29). The number of carbonyl (C=O) groups excluding carboxylic acids is 1. The van der Waals surface area contributed by atoms with Crippen molar-refractivity contribution in [1.82, 2.24) is 19.9 Å². The average molecular weight is 446 g/mol. The molecular weight excluding hydrogens is 422 g/mol. The summed E-state index contributed by atoms with van der Waals surface area (Å²) in [5.41, 5.74) is 1.70. The molecule has 0 radical (unpaired) electrons. The number of halogens is 1. The van der Waals surface area contributed by atoms with E-state index >= 15 is 0 Å². The Hall–Kier alpha value is -2.45. The quantitative estimate of drug-likeness (QED) is 0.629. The zero-order chi connectivity index (χ0) is 21.1. The van der Waals surface area contributed by atoms with E-state index in [0.29, 0.717) is 16.5 Å². The number of benzene rings is 1. The van der Waals surface area contributed by atoms with Crippen molar-refractivity contribution in [3.05, 3.63) is 57.0 Å². The molecule has 3 heterocycles. The second kappa shape index (κ2) is 9.14. The maximum atomic E-state index is 12.5. The van der Waals surface area contributed by atoms with Crippen LogP contribution in [0.3, 0.4) is 0 Å². The molecule has 7 nitrogen and oxygen atoms in total. The highest BCUT2D eigenvalue weighted by Gasteiger charge is 2.26. The van der Waals surface area contributed by atoms with Gasteiger partial charge in [0.2, 0.25) is 16.0 Å². The van der Waals surface area contributed by atoms with Gasteiger partial charge in [-0.05, 0) is 37.0 Å². The van der Waals surface area contributed by atoms with E-state index in [4.69, 9.17) is 11.6 Å². The van der Waals surface area contributed by atoms with Crippen LogP contribution in [0, 0.1) is 5.92 Å². The van der Waals surface area contributed by atoms with Gasteiger partial charge in [0.1, 0.15) is 0 Å². The molecule has 1 aliphatic heterocycles. The lowest BCUT2D eigenvalue weighted by molar-refractivity contribution is -0.125. The number of anilines is 1. The van der Waals surface area contributed by atoms with E-state index < -0.39 is 0 Å². The second-order valence-electron chi connectivity index (χ2n) is 7.52. The molecule has 4 rings (SSSR count). The molecule has 1 amide bonds. The molecule has 1 fully saturated rings. The number of rotatable bonds is 6. The fourth-order valence-corrected chi connectivity index (χ4v) is 4.73. The van der Waals surface area contributed by atoms with Crippen molar-refractivity contribution in [2.45, 2.75) is 39.2 Å². The predicted molar refractivity (Wildman–Crippen MR) is 119 cm³/mol. The highest BCUT2D eigenvalue weighted by molar-refractivity contribution is 7.20. The third kappa shape index (κ3) is 4.65. The molecule has 1 saturated heterocycles. The summed E-state index contributed by atoms with van der Waals surface area (Å²) in [5.74, 6) is 0.0657. The molecule has 2 aromatic heterocycles. The second-order valence-corrected chi connectivity index (χ2v) is 8.89. The van der Waals surface area contributed by atoms with Crippen LogP contribution in [0.1, 0.15) is 37.4 Å². The summed E-state index contributed by atoms with van der Waals surface area (Å²) in [6, 6.07) is 9.05. The lowest BCUT2D eigenvalue weighted by Crippen LogP contribution is -2.40. The number of amides is 1. The van der Waals surface area contributed by atoms with Crippen molar-refractivity contribution in [1.29, 1.82) is 0 Å². The topological polar surface area (TPSA) is 79.6 Å². The first-order valence-electron chi connectivity index (χ1n) is 10.2. The highest BCUT2D eigenvalue weighted by atomic mass is 35.5. The minimum atomic E-state index is -0.137. The number of aromatic nitrogens is 3. The number of hydrogen-bond donors (Lipinski definition) is 1. The molecule has 0 saturated carbocycles. The zero-order valence-electron chi connectivity index (χ0n) is 16.8. The number of piperidine rings is 1. The van der Waals surface area contributed by atoms with Gasteiger partial charge in [0.05, 0.1) is 0 Å². The average Bonchev–Trinajstić information content (AvgIpc) is 3.18. The van der Waals surface area contributed by atoms with Crippen molar-refractivity contribution < 1.29 is 4.79 Å². The van der Waals surface area contributed by atoms with Crippen molar-refractivity contribution in [2.75, 3.05) is 18.0 Å². The van der Waals surface area contributed by atoms with E-state index in [0.717, 1.165) is 55.2 Å². The number of hydrogen-bond acceptors (Lipinski definition) is 6. The summed E-state index contributed by atoms with van der Waals surface area (Å²) >= 11 is 7.33. The van der Waals surface area contributed by atoms with Crippen LogP contribution in [0.4, 0.5) is 5.13 Å². The number of aryl methyl sites for hydroxylation is 1. The Morgan fingerprint density at radius 1 is 1.27 bits per heavy atom. The monoisotopic (exact) mass is 445 g/mol. The lowest BCUT2D eigenvalue weighted by Gasteiger charge is -2.30. The van der Waals surface area contributed by atoms with E-state index in [1.165, 1.54) is 15.9 Å². The predicted octanol–water partition coefficient (Wildman–Crippen LogP) is 3.29. The van der Waals surface area contributed by atoms with Gasteiger partial charge in [-0.25, -0.2) is 4.98 Å². The van der Waals surface area contributed by atoms with Gasteiger partial charge >= 0.3 is 0 Å². The van der Waals surface area contributed by atoms with Crippen LogP contribution < -0.4 is 15.8 Å². The fourth-order valence-electron chi connectivity index (χ4n) is 3.63. The van der Waals surface area contributed by atoms with Crippen molar-refractivity contribution in [3.63, 3.8) is 0 Å². The third-order valence-corrected chi connectivity index (χ3v) is 6.53. The first-order chi connectivity index (χ1) is 14.5. The largest absolute Gasteiger partial charge is 0.352 e. The SMILES string of the molecule is CCCc1cc(=O)n2nc(N3CCC(C(=O)NCc4ccc(Cl)cc4)CC3)sc2n1. The summed E-state index contributed by atoms with van der Waals surface area (Å²) in [5, 5.41) is 8.96. The van der Waals surface area contributed by atoms with Gasteiger partial charge in [-0.3, -0.25) is 9.59 Å². The smallest absolute Gasteiger partial charge is 0.275 e. The molecule has 3 aromatic rings. The van der Waals surface area contributed by atoms with Crippen molar-refractivity contribution in [3.8, 4) is 0 Å². The van der Waals surface area contributed by atoms with Crippen LogP contribution >= 0.6 is 22.9 Å². The Bertz CT molecular complexity index is 1090. The molecule has 1 aromatic carbocycles. The van der Waals surface area contributed by atoms with Gasteiger partial charge in [-0.15, -0.1) is 5.10 Å². The maximum Gasteiger partial charge on any atom is 0.275 e. The molecule has 30 heavy (non-hydrogen) atoms. The number of fused-ring (bicyclic) bond motifs is 1. The molecule has 0 atom stereocenters. The van der Waals surface area contributed by atoms with Crippen LogP contribution in [-0.2, 0) is 17.8 Å². The Balaban J connectivity index is 1.35. The minimum Gasteiger partial charge on any atom is -0.352 e. The minimum absolute atomic E-state index is 0.0140. The molecule has 158 valence electrons. The van der Waals surface area contributed by atoms with Crippen molar-refractivity contribution in [2.24, 2.45) is 5.92 Å². The van der Waals surface area contributed by atoms with Crippen LogP contribution in [-0.4, -0.2) is 33.6 Å². The Morgan fingerprint density at radius 3 is 2.70 bits per heavy atom. The van der Waals surface area contributed by atoms with Crippen LogP contribution in [0.2, 0.25) is 5.02 Å². The van der Waals surface area contributed by atoms with E-state index in [1.54, 1.807) is 6.07 Å². The Morgan fingerprint density at radius 2 is 2.00 bits per heavy atom. The van der Waals surface area contributed by atoms with Gasteiger partial charge in [-0.1, -0.05) is 48.4 Å². The van der Waals surface area contributed by atoms with Gasteiger partial charge in [0.25, 0.3) is 5.56 Å². The van der Waals surface area contributed by atoms with Gasteiger partial charge < -0.3 is 10.2 Å². The highest BCUT2D eigenvalue weighted by Crippen LogP contribution is 2.27. The van der Waals surface area contributed by atoms with Gasteiger partial charge in [0.15, 0.2) is 0 Å². The third-order valence-electron chi connectivity index (χ3n) is 5.31. The molecule has 0 aliphatic carbocycles. The summed E-state index contributed by atoms with van der Waals surface area (Å²) in [7, 11) is 0. The fraction of sp³-hybridized carbons (Fsp3) is 0.429. The van der Waals surface area contributed by atoms with E-state index in [-0.39, 0.29) is 17.4 Å². The molecule has 0 bridgehead atoms. The summed E-state index contributed by atoms with van der Waals surface area (Å²) in [6.45, 7) is 4.03. The van der Waals surface area contributed by atoms with Crippen LogP contribution in [0.25, 0.3) is 4.96 Å². The summed E-state index contributed by atoms with van der Waals surface area (Å²) in [4.78, 5) is 32.2. The molecular formula is C21H24ClN5O2S. The summed E-state index contributed by atoms with van der Waals surface area (Å²) < 4.78 is 1.38. The lowest BCUT2D eigenvalue weighted by atomic mass is 9.96. The summed E-state index contributed by atoms with van der Waals surface area (Å²) in [6.07, 6.45) is 3.24. The van der Waals surface area contributed by atoms with Crippen LogP contribution in [0.15, 0.2) is 35.1 Å². The molecule has 0 spiro atoms. The zero-order valence-corrected chi connectivity index (χ0v) is 18.4. The number of nitrogens with one attached hydrogen (secondary N) is 1.